The van der Waals surface area contributed by atoms with Crippen molar-refractivity contribution in [2.24, 2.45) is 11.8 Å². The van der Waals surface area contributed by atoms with Crippen LogP contribution in [0.5, 0.6) is 0 Å². The van der Waals surface area contributed by atoms with Crippen LogP contribution in [0.25, 0.3) is 17.1 Å². The van der Waals surface area contributed by atoms with E-state index in [2.05, 4.69) is 10.3 Å². The number of nitrogens with zero attached hydrogens (tertiary/aromatic N) is 5. The van der Waals surface area contributed by atoms with Crippen LogP contribution in [0.3, 0.4) is 0 Å². The summed E-state index contributed by atoms with van der Waals surface area (Å²) < 4.78 is 1.25. The van der Waals surface area contributed by atoms with Crippen molar-refractivity contribution in [3.8, 4) is 0 Å². The van der Waals surface area contributed by atoms with Crippen LogP contribution in [0.2, 0.25) is 5.02 Å². The molecule has 4 heterocycles. The second kappa shape index (κ2) is 7.60. The number of anilines is 2. The number of aromatic nitrogens is 3. The normalized spacial score (nSPS) is 24.2. The van der Waals surface area contributed by atoms with Crippen LogP contribution in [0, 0.1) is 11.8 Å². The van der Waals surface area contributed by atoms with Gasteiger partial charge in [-0.15, -0.1) is 5.10 Å². The molecule has 176 valence electrons. The molecule has 0 spiro atoms. The van der Waals surface area contributed by atoms with E-state index < -0.39 is 35.7 Å². The van der Waals surface area contributed by atoms with E-state index in [1.807, 2.05) is 47.4 Å². The lowest BCUT2D eigenvalue weighted by molar-refractivity contribution is -0.122. The molecule has 0 bridgehead atoms. The molecule has 0 radical (unpaired) electrons. The highest BCUT2D eigenvalue weighted by Gasteiger charge is 2.64. The fourth-order valence-electron chi connectivity index (χ4n) is 5.80. The zero-order valence-electron chi connectivity index (χ0n) is 18.7. The number of carbonyl (C=O) groups is 3. The van der Waals surface area contributed by atoms with Crippen molar-refractivity contribution in [3.05, 3.63) is 89.5 Å². The largest absolute Gasteiger partial charge is 0.351 e. The lowest BCUT2D eigenvalue weighted by Gasteiger charge is -2.36. The second-order valence-corrected chi connectivity index (χ2v) is 9.57. The zero-order valence-corrected chi connectivity index (χ0v) is 19.5. The molecule has 0 unspecified atom stereocenters. The van der Waals surface area contributed by atoms with E-state index in [0.29, 0.717) is 21.7 Å². The third-order valence-corrected chi connectivity index (χ3v) is 7.57. The molecule has 0 N–H and O–H groups in total. The Balaban J connectivity index is 1.39. The van der Waals surface area contributed by atoms with Gasteiger partial charge in [0.2, 0.25) is 11.8 Å². The van der Waals surface area contributed by atoms with Gasteiger partial charge in [-0.05, 0) is 48.0 Å². The van der Waals surface area contributed by atoms with Gasteiger partial charge in [0.25, 0.3) is 5.91 Å². The van der Waals surface area contributed by atoms with Crippen molar-refractivity contribution in [2.75, 3.05) is 9.80 Å². The fourth-order valence-corrected chi connectivity index (χ4v) is 5.92. The number of rotatable bonds is 2. The number of hydrogen-bond donors (Lipinski definition) is 0. The molecule has 4 atom stereocenters. The van der Waals surface area contributed by atoms with Gasteiger partial charge in [0.15, 0.2) is 0 Å². The first-order valence-electron chi connectivity index (χ1n) is 11.6. The van der Waals surface area contributed by atoms with E-state index in [0.717, 1.165) is 11.3 Å². The van der Waals surface area contributed by atoms with Gasteiger partial charge in [-0.2, -0.15) is 4.68 Å². The highest BCUT2D eigenvalue weighted by atomic mass is 35.5. The molecule has 1 aromatic heterocycles. The highest BCUT2D eigenvalue weighted by Crippen LogP contribution is 2.49. The molecule has 0 aliphatic carbocycles. The predicted molar refractivity (Wildman–Crippen MR) is 135 cm³/mol. The van der Waals surface area contributed by atoms with Crippen LogP contribution in [-0.2, 0) is 9.59 Å². The summed E-state index contributed by atoms with van der Waals surface area (Å²) >= 11 is 6.03. The quantitative estimate of drug-likeness (QED) is 0.393. The van der Waals surface area contributed by atoms with Crippen molar-refractivity contribution in [1.29, 1.82) is 0 Å². The van der Waals surface area contributed by atoms with Crippen molar-refractivity contribution in [2.45, 2.75) is 12.1 Å². The van der Waals surface area contributed by atoms with Gasteiger partial charge in [-0.3, -0.25) is 14.4 Å². The molecule has 3 aliphatic rings. The maximum atomic E-state index is 14.2. The van der Waals surface area contributed by atoms with Crippen LogP contribution in [-0.4, -0.2) is 44.8 Å². The maximum Gasteiger partial charge on any atom is 0.272 e. The number of carbonyl (C=O) groups excluding carboxylic acids is 3. The topological polar surface area (TPSA) is 88.4 Å². The van der Waals surface area contributed by atoms with E-state index in [4.69, 9.17) is 11.6 Å². The Morgan fingerprint density at radius 1 is 0.861 bits per heavy atom. The van der Waals surface area contributed by atoms with Gasteiger partial charge in [-0.1, -0.05) is 59.3 Å². The van der Waals surface area contributed by atoms with E-state index in [9.17, 15) is 14.4 Å². The molecule has 0 saturated carbocycles. The van der Waals surface area contributed by atoms with Gasteiger partial charge in [-0.25, -0.2) is 4.90 Å². The summed E-state index contributed by atoms with van der Waals surface area (Å²) in [4.78, 5) is 45.0. The molecule has 3 aliphatic heterocycles. The smallest absolute Gasteiger partial charge is 0.272 e. The molecule has 3 aromatic carbocycles. The Morgan fingerprint density at radius 3 is 2.42 bits per heavy atom. The Kier molecular flexibility index (Phi) is 4.44. The second-order valence-electron chi connectivity index (χ2n) is 9.13. The molecule has 7 rings (SSSR count). The zero-order chi connectivity index (χ0) is 24.6. The Hall–Kier alpha value is -4.30. The number of hydrogen-bond acceptors (Lipinski definition) is 6. The van der Waals surface area contributed by atoms with Crippen molar-refractivity contribution in [1.82, 2.24) is 15.0 Å². The standard InChI is InChI=1S/C27H18ClN5O3/c28-16-10-12-17(13-11-16)31-25(34)22-21-14-9-15-5-1-3-7-19(15)32(21)24(23(22)26(31)35)27(36)33-20-8-4-2-6-18(20)29-30-33/h1-14,21-24H/t21-,22-,23+,24+/m1/s1. The molecule has 2 amide bonds. The molecule has 9 heteroatoms. The Bertz CT molecular complexity index is 1610. The van der Waals surface area contributed by atoms with E-state index in [-0.39, 0.29) is 5.91 Å². The first-order chi connectivity index (χ1) is 17.5. The van der Waals surface area contributed by atoms with Crippen LogP contribution >= 0.6 is 11.6 Å². The van der Waals surface area contributed by atoms with Gasteiger partial charge in [0.05, 0.1) is 29.1 Å². The van der Waals surface area contributed by atoms with E-state index in [1.165, 1.54) is 9.58 Å². The van der Waals surface area contributed by atoms with Gasteiger partial charge >= 0.3 is 0 Å². The minimum atomic E-state index is -0.940. The SMILES string of the molecule is O=C1[C@H]2[C@H](C(=O)N1c1ccc(Cl)cc1)[C@@H](C(=O)n1nnc3ccccc31)N1c3ccccc3C=C[C@H]21. The predicted octanol–water partition coefficient (Wildman–Crippen LogP) is 3.81. The van der Waals surface area contributed by atoms with Gasteiger partial charge in [0.1, 0.15) is 11.6 Å². The summed E-state index contributed by atoms with van der Waals surface area (Å²) in [6.07, 6.45) is 3.87. The lowest BCUT2D eigenvalue weighted by Crippen LogP contribution is -2.50. The number of benzene rings is 3. The lowest BCUT2D eigenvalue weighted by atomic mass is 9.88. The van der Waals surface area contributed by atoms with Crippen molar-refractivity contribution < 1.29 is 14.4 Å². The van der Waals surface area contributed by atoms with Gasteiger partial charge in [0, 0.05) is 10.7 Å². The summed E-state index contributed by atoms with van der Waals surface area (Å²) in [5, 5.41) is 8.76. The number of para-hydroxylation sites is 2. The first kappa shape index (κ1) is 21.0. The van der Waals surface area contributed by atoms with E-state index >= 15 is 0 Å². The Morgan fingerprint density at radius 2 is 1.58 bits per heavy atom. The van der Waals surface area contributed by atoms with Crippen LogP contribution < -0.4 is 9.80 Å². The summed E-state index contributed by atoms with van der Waals surface area (Å²) in [5.41, 5.74) is 3.29. The third kappa shape index (κ3) is 2.79. The molecule has 2 fully saturated rings. The summed E-state index contributed by atoms with van der Waals surface area (Å²) in [6.45, 7) is 0. The maximum absolute atomic E-state index is 14.2. The number of fused-ring (bicyclic) bond motifs is 6. The molecular weight excluding hydrogens is 478 g/mol. The number of amides is 2. The number of imide groups is 1. The van der Waals surface area contributed by atoms with Gasteiger partial charge < -0.3 is 4.90 Å². The van der Waals surface area contributed by atoms with E-state index in [1.54, 1.807) is 42.5 Å². The average Bonchev–Trinajstić information content (AvgIpc) is 3.56. The molecule has 36 heavy (non-hydrogen) atoms. The monoisotopic (exact) mass is 495 g/mol. The summed E-state index contributed by atoms with van der Waals surface area (Å²) in [5.74, 6) is -2.74. The fraction of sp³-hybridized carbons (Fsp3) is 0.148. The minimum Gasteiger partial charge on any atom is -0.351 e. The van der Waals surface area contributed by atoms with Crippen LogP contribution in [0.15, 0.2) is 78.9 Å². The minimum absolute atomic E-state index is 0.329. The van der Waals surface area contributed by atoms with Crippen molar-refractivity contribution in [3.63, 3.8) is 0 Å². The molecule has 8 nitrogen and oxygen atoms in total. The third-order valence-electron chi connectivity index (χ3n) is 7.31. The first-order valence-corrected chi connectivity index (χ1v) is 12.0. The molecular formula is C27H18ClN5O3. The molecule has 2 saturated heterocycles. The van der Waals surface area contributed by atoms with Crippen molar-refractivity contribution >= 4 is 57.8 Å². The van der Waals surface area contributed by atoms with Crippen LogP contribution in [0.4, 0.5) is 11.4 Å². The highest BCUT2D eigenvalue weighted by molar-refractivity contribution is 6.31. The van der Waals surface area contributed by atoms with Crippen LogP contribution in [0.1, 0.15) is 10.4 Å². The summed E-state index contributed by atoms with van der Waals surface area (Å²) in [7, 11) is 0. The Labute approximate surface area is 210 Å². The number of halogens is 1. The molecule has 4 aromatic rings. The summed E-state index contributed by atoms with van der Waals surface area (Å²) in [6, 6.07) is 20.0. The average molecular weight is 496 g/mol.